The Labute approximate surface area is 545 Å². The van der Waals surface area contributed by atoms with Crippen molar-refractivity contribution in [2.24, 2.45) is 16.7 Å². The van der Waals surface area contributed by atoms with Crippen molar-refractivity contribution in [3.63, 3.8) is 0 Å². The summed E-state index contributed by atoms with van der Waals surface area (Å²) in [5.74, 6) is -6.41. The summed E-state index contributed by atoms with van der Waals surface area (Å²) in [6.45, 7) is 20.5. The van der Waals surface area contributed by atoms with Crippen LogP contribution < -0.4 is 14.8 Å². The molecular formula is C75H89NO17. The van der Waals surface area contributed by atoms with E-state index < -0.39 is 124 Å². The number of carbonyl (C=O) groups excluding carboxylic acids is 7. The minimum absolute atomic E-state index is 0.0374. The number of aliphatic hydroxyl groups excluding tert-OH is 1. The molecule has 18 nitrogen and oxygen atoms in total. The van der Waals surface area contributed by atoms with Crippen LogP contribution in [0, 0.1) is 23.7 Å². The molecule has 2 bridgehead atoms. The van der Waals surface area contributed by atoms with E-state index in [9.17, 15) is 34.2 Å². The molecule has 3 N–H and O–H groups in total. The number of aryl methyl sites for hydroxylation is 2. The first-order valence-corrected chi connectivity index (χ1v) is 32.2. The molecule has 5 aliphatic rings. The zero-order valence-corrected chi connectivity index (χ0v) is 55.5. The van der Waals surface area contributed by atoms with Gasteiger partial charge in [0.2, 0.25) is 6.10 Å². The lowest BCUT2D eigenvalue weighted by atomic mass is 9.44. The molecule has 1 amide bonds. The minimum Gasteiger partial charge on any atom is -0.487 e. The third kappa shape index (κ3) is 14.5. The summed E-state index contributed by atoms with van der Waals surface area (Å²) in [6, 6.07) is 26.1. The highest BCUT2D eigenvalue weighted by Gasteiger charge is 2.78. The van der Waals surface area contributed by atoms with E-state index >= 15 is 9.59 Å². The Morgan fingerprint density at radius 3 is 1.97 bits per heavy atom. The van der Waals surface area contributed by atoms with Crippen molar-refractivity contribution in [1.82, 2.24) is 5.32 Å². The number of amides is 1. The molecule has 496 valence electrons. The van der Waals surface area contributed by atoms with E-state index in [1.807, 2.05) is 6.92 Å². The third-order valence-electron chi connectivity index (χ3n) is 19.8. The first-order chi connectivity index (χ1) is 44.0. The van der Waals surface area contributed by atoms with Crippen LogP contribution in [-0.4, -0.2) is 112 Å². The highest BCUT2D eigenvalue weighted by molar-refractivity contribution is 5.96. The fourth-order valence-electron chi connectivity index (χ4n) is 14.5. The zero-order chi connectivity index (χ0) is 67.4. The number of allylic oxidation sites excluding steroid dienone is 6. The molecule has 4 aromatic rings. The summed E-state index contributed by atoms with van der Waals surface area (Å²) in [5.41, 5.74) is -2.60. The number of Topliss-reactive ketones (excluding diaryl/α,β-unsaturated/α-hetero) is 1. The Balaban J connectivity index is 1.06. The fraction of sp³-hybridized carbons (Fsp3) is 0.480. The lowest BCUT2D eigenvalue weighted by molar-refractivity contribution is -0.346. The maximum Gasteiger partial charge on any atom is 0.514 e. The van der Waals surface area contributed by atoms with Crippen LogP contribution in [0.15, 0.2) is 149 Å². The Morgan fingerprint density at radius 2 is 1.37 bits per heavy atom. The van der Waals surface area contributed by atoms with Gasteiger partial charge in [-0.05, 0) is 171 Å². The highest BCUT2D eigenvalue weighted by Crippen LogP contribution is 2.64. The van der Waals surface area contributed by atoms with Crippen molar-refractivity contribution < 1.29 is 81.7 Å². The molecule has 0 aromatic heterocycles. The summed E-state index contributed by atoms with van der Waals surface area (Å²) in [4.78, 5) is 102. The van der Waals surface area contributed by atoms with Crippen LogP contribution in [0.3, 0.4) is 0 Å². The molecule has 3 aliphatic carbocycles. The van der Waals surface area contributed by atoms with Gasteiger partial charge < -0.3 is 53.4 Å². The number of fused-ring (bicyclic) bond motifs is 6. The summed E-state index contributed by atoms with van der Waals surface area (Å²) < 4.78 is 50.1. The molecule has 3 fully saturated rings. The van der Waals surface area contributed by atoms with E-state index in [4.69, 9.17) is 37.9 Å². The Bertz CT molecular complexity index is 3610. The van der Waals surface area contributed by atoms with E-state index in [1.165, 1.54) is 42.7 Å². The number of hydrogen-bond acceptors (Lipinski definition) is 17. The standard InChI is InChI=1S/C75H89NO17/c1-44(2)25-22-26-45(3)27-23-28-46(4)29-24-37-72(11)38-36-54-40-55(39-47(5)61(54)93-72)88-70(84)90-63(60(51-30-16-13-17-31-51)76-67(81)52-32-18-14-19-33-52)69(83)89-56-42-75(85)66(91-68(82)53-34-20-15-21-35-53)64-73(12,57(79)41-58-74(64,43-86-58)92-50(8)78)65(80)62(87-49(7)77)59(48(56)6)71(75,9)10/h13-21,25,27,29-35,39-40,56-58,60,62-64,66,79,85H,22-24,26,28,36-38,41-43H2,1-12H3,(H,76,81)/b45-27+,46-29+. The smallest absolute Gasteiger partial charge is 0.487 e. The van der Waals surface area contributed by atoms with Gasteiger partial charge in [-0.1, -0.05) is 116 Å². The average Bonchev–Trinajstić information content (AvgIpc) is 0.670. The molecule has 0 radical (unpaired) electrons. The summed E-state index contributed by atoms with van der Waals surface area (Å²) >= 11 is 0. The molecule has 2 aliphatic heterocycles. The molecule has 2 saturated carbocycles. The van der Waals surface area contributed by atoms with Gasteiger partial charge in [-0.3, -0.25) is 19.2 Å². The van der Waals surface area contributed by atoms with E-state index in [0.717, 1.165) is 57.9 Å². The predicted molar refractivity (Wildman–Crippen MR) is 346 cm³/mol. The topological polar surface area (TPSA) is 246 Å². The quantitative estimate of drug-likeness (QED) is 0.0304. The lowest BCUT2D eigenvalue weighted by Crippen LogP contribution is -2.82. The molecule has 12 atom stereocenters. The SMILES string of the molecule is CC(=O)OC1C(=O)C2(C)C(O)CC3OCC3(OC(C)=O)C2C(OC(=O)c2ccccc2)C2(O)CC(OC(=O)C(OC(=O)Oc3cc(C)c4c(c3)CCC(C)(CC/C=C(\C)CC/C=C(\C)CCC=C(C)C)O4)C(NC(=O)c3ccccc3)c3ccccc3)C(C)=C1C2(C)C. The van der Waals surface area contributed by atoms with Crippen LogP contribution in [0.5, 0.6) is 11.5 Å². The van der Waals surface area contributed by atoms with Crippen LogP contribution in [0.4, 0.5) is 4.79 Å². The van der Waals surface area contributed by atoms with Gasteiger partial charge in [0.05, 0.1) is 29.6 Å². The van der Waals surface area contributed by atoms with Gasteiger partial charge in [0, 0.05) is 37.7 Å². The lowest BCUT2D eigenvalue weighted by Gasteiger charge is -2.67. The normalized spacial score (nSPS) is 27.7. The number of ketones is 1. The average molecular weight is 1280 g/mol. The Kier molecular flexibility index (Phi) is 21.0. The molecule has 18 heteroatoms. The van der Waals surface area contributed by atoms with Gasteiger partial charge in [0.25, 0.3) is 5.91 Å². The van der Waals surface area contributed by atoms with Crippen LogP contribution in [-0.2, 0) is 54.0 Å². The Morgan fingerprint density at radius 1 is 0.753 bits per heavy atom. The van der Waals surface area contributed by atoms with E-state index in [-0.39, 0.29) is 41.1 Å². The van der Waals surface area contributed by atoms with Gasteiger partial charge in [0.1, 0.15) is 47.1 Å². The van der Waals surface area contributed by atoms with Gasteiger partial charge in [-0.25, -0.2) is 14.4 Å². The molecule has 2 heterocycles. The number of benzene rings is 4. The highest BCUT2D eigenvalue weighted by atomic mass is 16.7. The van der Waals surface area contributed by atoms with Gasteiger partial charge >= 0.3 is 30.0 Å². The number of rotatable bonds is 21. The van der Waals surface area contributed by atoms with Crippen molar-refractivity contribution in [2.45, 2.75) is 207 Å². The van der Waals surface area contributed by atoms with E-state index in [0.29, 0.717) is 29.7 Å². The van der Waals surface area contributed by atoms with Gasteiger partial charge in [-0.2, -0.15) is 0 Å². The fourth-order valence-corrected chi connectivity index (χ4v) is 14.5. The minimum atomic E-state index is -2.51. The van der Waals surface area contributed by atoms with Crippen molar-refractivity contribution >= 4 is 41.7 Å². The first-order valence-electron chi connectivity index (χ1n) is 32.2. The molecule has 4 aromatic carbocycles. The second kappa shape index (κ2) is 28.2. The molecular weight excluding hydrogens is 1190 g/mol. The molecule has 12 unspecified atom stereocenters. The first kappa shape index (κ1) is 69.2. The van der Waals surface area contributed by atoms with Crippen LogP contribution >= 0.6 is 0 Å². The number of ether oxygens (including phenoxy) is 8. The summed E-state index contributed by atoms with van der Waals surface area (Å²) in [6.07, 6.45) is 1.39. The number of esters is 4. The van der Waals surface area contributed by atoms with Crippen LogP contribution in [0.25, 0.3) is 0 Å². The summed E-state index contributed by atoms with van der Waals surface area (Å²) in [7, 11) is 0. The van der Waals surface area contributed by atoms with Gasteiger partial charge in [0.15, 0.2) is 17.5 Å². The molecule has 93 heavy (non-hydrogen) atoms. The van der Waals surface area contributed by atoms with Crippen molar-refractivity contribution in [3.8, 4) is 11.5 Å². The van der Waals surface area contributed by atoms with Crippen LogP contribution in [0.2, 0.25) is 0 Å². The zero-order valence-electron chi connectivity index (χ0n) is 55.5. The number of carbonyl (C=O) groups is 7. The Hall–Kier alpha value is -8.19. The number of hydrogen-bond donors (Lipinski definition) is 3. The summed E-state index contributed by atoms with van der Waals surface area (Å²) in [5, 5.41) is 29.4. The molecule has 0 spiro atoms. The molecule has 1 saturated heterocycles. The predicted octanol–water partition coefficient (Wildman–Crippen LogP) is 12.6. The van der Waals surface area contributed by atoms with Crippen molar-refractivity contribution in [2.75, 3.05) is 6.61 Å². The molecule has 9 rings (SSSR count). The van der Waals surface area contributed by atoms with E-state index in [1.54, 1.807) is 105 Å². The monoisotopic (exact) mass is 1280 g/mol. The van der Waals surface area contributed by atoms with Crippen molar-refractivity contribution in [1.29, 1.82) is 0 Å². The van der Waals surface area contributed by atoms with Gasteiger partial charge in [-0.15, -0.1) is 0 Å². The van der Waals surface area contributed by atoms with E-state index in [2.05, 4.69) is 58.2 Å². The maximum atomic E-state index is 16.0. The van der Waals surface area contributed by atoms with Crippen LogP contribution in [0.1, 0.15) is 177 Å². The second-order valence-corrected chi connectivity index (χ2v) is 27.1. The third-order valence-corrected chi connectivity index (χ3v) is 19.8. The second-order valence-electron chi connectivity index (χ2n) is 27.1. The van der Waals surface area contributed by atoms with Crippen molar-refractivity contribution in [3.05, 3.63) is 177 Å². The maximum absolute atomic E-state index is 16.0. The number of aliphatic hydroxyl groups is 2. The number of nitrogens with one attached hydrogen (secondary N) is 1. The largest absolute Gasteiger partial charge is 0.514 e.